The predicted octanol–water partition coefficient (Wildman–Crippen LogP) is 10.5. The molecule has 2 unspecified atom stereocenters. The van der Waals surface area contributed by atoms with Gasteiger partial charge in [0.05, 0.1) is 12.7 Å². The number of benzene rings is 2. The highest BCUT2D eigenvalue weighted by Gasteiger charge is 2.18. The molecule has 6 rings (SSSR count). The van der Waals surface area contributed by atoms with Crippen LogP contribution in [0, 0.1) is 5.92 Å². The fraction of sp³-hybridized carbons (Fsp3) is 0.366. The van der Waals surface area contributed by atoms with Gasteiger partial charge in [-0.15, -0.1) is 12.6 Å². The van der Waals surface area contributed by atoms with Crippen LogP contribution in [0.4, 0.5) is 5.69 Å². The Morgan fingerprint density at radius 3 is 2.38 bits per heavy atom. The number of ketones is 1. The molecule has 264 valence electrons. The van der Waals surface area contributed by atoms with Crippen LogP contribution < -0.4 is 10.9 Å². The summed E-state index contributed by atoms with van der Waals surface area (Å²) in [6, 6.07) is 18.0. The second kappa shape index (κ2) is 17.9. The third-order valence-electron chi connectivity index (χ3n) is 8.59. The van der Waals surface area contributed by atoms with E-state index in [-0.39, 0.29) is 23.9 Å². The molecular formula is C41H51N5O3S. The van der Waals surface area contributed by atoms with Gasteiger partial charge in [0.1, 0.15) is 28.5 Å². The molecule has 4 heterocycles. The van der Waals surface area contributed by atoms with Gasteiger partial charge in [0.2, 0.25) is 0 Å². The number of furan rings is 1. The highest BCUT2D eigenvalue weighted by atomic mass is 32.1. The normalized spacial score (nSPS) is 12.8. The maximum atomic E-state index is 13.3. The molecular weight excluding hydrogens is 643 g/mol. The van der Waals surface area contributed by atoms with E-state index in [1.165, 1.54) is 47.1 Å². The van der Waals surface area contributed by atoms with E-state index in [1.54, 1.807) is 0 Å². The number of carbonyl (C=O) groups excluding carboxylic acids is 1. The van der Waals surface area contributed by atoms with Crippen LogP contribution in [0.5, 0.6) is 0 Å². The number of rotatable bonds is 10. The van der Waals surface area contributed by atoms with Crippen molar-refractivity contribution in [2.24, 2.45) is 5.92 Å². The van der Waals surface area contributed by atoms with E-state index < -0.39 is 0 Å². The number of hydrogen-bond donors (Lipinski definition) is 3. The molecule has 4 aromatic heterocycles. The number of anilines is 1. The van der Waals surface area contributed by atoms with E-state index >= 15 is 0 Å². The molecule has 0 aliphatic heterocycles. The number of H-pyrrole nitrogens is 1. The molecule has 9 heteroatoms. The van der Waals surface area contributed by atoms with E-state index in [0.717, 1.165) is 51.8 Å². The summed E-state index contributed by atoms with van der Waals surface area (Å²) in [5.41, 5.74) is 6.22. The standard InChI is InChI=1S/C26H27N3O3S.C12H16N2.C3H8/c1-5-15(2)24(33)25-27-13-21(26(31)29(25)14-16(3)30)28-17(4)18-10-11-23-20(12-18)19-8-6-7-9-22(19)32-23;1-3-9(2)6-11-7-10-8-13-5-4-12(10)14-11;1-3-2/h6-13,17,28,33H,5,14H2,1-4H3;4-5,7-9,14H,3,6H2,1-2H3;3H2,1-2H3/b24-15+;;. The van der Waals surface area contributed by atoms with Crippen molar-refractivity contribution in [1.29, 1.82) is 0 Å². The highest BCUT2D eigenvalue weighted by Crippen LogP contribution is 2.31. The first kappa shape index (κ1) is 38.2. The van der Waals surface area contributed by atoms with Gasteiger partial charge in [0.15, 0.2) is 0 Å². The predicted molar refractivity (Wildman–Crippen MR) is 212 cm³/mol. The Morgan fingerprint density at radius 2 is 1.70 bits per heavy atom. The van der Waals surface area contributed by atoms with Crippen LogP contribution in [0.15, 0.2) is 88.0 Å². The van der Waals surface area contributed by atoms with E-state index in [0.29, 0.717) is 16.4 Å². The Balaban J connectivity index is 0.000000273. The van der Waals surface area contributed by atoms with E-state index in [4.69, 9.17) is 4.42 Å². The quantitative estimate of drug-likeness (QED) is 0.123. The van der Waals surface area contributed by atoms with Gasteiger partial charge in [0, 0.05) is 50.7 Å². The lowest BCUT2D eigenvalue weighted by Gasteiger charge is -2.18. The van der Waals surface area contributed by atoms with Crippen LogP contribution in [0.25, 0.3) is 37.7 Å². The number of aromatic nitrogens is 4. The fourth-order valence-electron chi connectivity index (χ4n) is 5.50. The van der Waals surface area contributed by atoms with Gasteiger partial charge in [-0.25, -0.2) is 4.98 Å². The van der Waals surface area contributed by atoms with Crippen molar-refractivity contribution in [2.75, 3.05) is 5.32 Å². The third-order valence-corrected chi connectivity index (χ3v) is 9.17. The molecule has 0 bridgehead atoms. The number of carbonyl (C=O) groups is 1. The highest BCUT2D eigenvalue weighted by molar-refractivity contribution is 7.90. The zero-order valence-electron chi connectivity index (χ0n) is 30.6. The molecule has 0 aliphatic rings. The van der Waals surface area contributed by atoms with Crippen molar-refractivity contribution in [3.8, 4) is 0 Å². The Kier molecular flexibility index (Phi) is 13.6. The molecule has 0 saturated carbocycles. The van der Waals surface area contributed by atoms with Crippen LogP contribution in [-0.2, 0) is 17.8 Å². The number of allylic oxidation sites excluding steroid dienone is 1. The summed E-state index contributed by atoms with van der Waals surface area (Å²) in [4.78, 5) is 37.8. The van der Waals surface area contributed by atoms with Crippen molar-refractivity contribution < 1.29 is 9.21 Å². The van der Waals surface area contributed by atoms with Crippen LogP contribution in [0.2, 0.25) is 0 Å². The lowest BCUT2D eigenvalue weighted by molar-refractivity contribution is -0.117. The molecule has 8 nitrogen and oxygen atoms in total. The third kappa shape index (κ3) is 9.33. The minimum absolute atomic E-state index is 0.0565. The SMILES string of the molecule is CC/C(C)=C(/S)c1ncc(NC(C)c2ccc3oc4ccccc4c3c2)c(=O)n1CC(C)=O.CCC.CCC(C)Cc1cc2cnccc2[nH]1. The minimum Gasteiger partial charge on any atom is -0.456 e. The van der Waals surface area contributed by atoms with Gasteiger partial charge >= 0.3 is 0 Å². The smallest absolute Gasteiger partial charge is 0.277 e. The minimum atomic E-state index is -0.299. The van der Waals surface area contributed by atoms with Gasteiger partial charge in [0.25, 0.3) is 5.56 Å². The second-order valence-corrected chi connectivity index (χ2v) is 13.4. The largest absolute Gasteiger partial charge is 0.456 e. The molecule has 0 radical (unpaired) electrons. The summed E-state index contributed by atoms with van der Waals surface area (Å²) in [5, 5.41) is 6.57. The van der Waals surface area contributed by atoms with Gasteiger partial charge in [-0.1, -0.05) is 77.3 Å². The molecule has 0 aliphatic carbocycles. The van der Waals surface area contributed by atoms with Crippen LogP contribution in [0.1, 0.15) is 97.8 Å². The Morgan fingerprint density at radius 1 is 0.980 bits per heavy atom. The average molecular weight is 694 g/mol. The zero-order chi connectivity index (χ0) is 36.4. The first-order chi connectivity index (χ1) is 24.0. The molecule has 2 N–H and O–H groups in total. The summed E-state index contributed by atoms with van der Waals surface area (Å²) in [6.07, 6.45) is 9.64. The van der Waals surface area contributed by atoms with Crippen LogP contribution in [0.3, 0.4) is 0 Å². The summed E-state index contributed by atoms with van der Waals surface area (Å²) in [6.45, 7) is 16.1. The fourth-order valence-corrected chi connectivity index (χ4v) is 5.84. The number of nitrogens with one attached hydrogen (secondary N) is 2. The van der Waals surface area contributed by atoms with Gasteiger partial charge in [-0.2, -0.15) is 0 Å². The molecule has 0 spiro atoms. The topological polar surface area (TPSA) is 106 Å². The van der Waals surface area contributed by atoms with E-state index in [2.05, 4.69) is 72.7 Å². The van der Waals surface area contributed by atoms with Gasteiger partial charge in [-0.05, 0) is 75.4 Å². The zero-order valence-corrected chi connectivity index (χ0v) is 31.5. The number of Topliss-reactive ketones (excluding diaryl/α,β-unsaturated/α-hetero) is 1. The van der Waals surface area contributed by atoms with E-state index in [9.17, 15) is 9.59 Å². The van der Waals surface area contributed by atoms with Crippen molar-refractivity contribution in [3.63, 3.8) is 0 Å². The molecule has 2 aromatic carbocycles. The Bertz CT molecular complexity index is 2110. The molecule has 50 heavy (non-hydrogen) atoms. The molecule has 6 aromatic rings. The van der Waals surface area contributed by atoms with Crippen LogP contribution in [-0.4, -0.2) is 25.3 Å². The van der Waals surface area contributed by atoms with Gasteiger partial charge in [-0.3, -0.25) is 19.1 Å². The molecule has 0 fully saturated rings. The number of fused-ring (bicyclic) bond motifs is 4. The maximum absolute atomic E-state index is 13.3. The van der Waals surface area contributed by atoms with Crippen LogP contribution >= 0.6 is 12.6 Å². The summed E-state index contributed by atoms with van der Waals surface area (Å²) >= 11 is 4.57. The number of hydrogen-bond acceptors (Lipinski definition) is 7. The van der Waals surface area contributed by atoms with Gasteiger partial charge < -0.3 is 14.7 Å². The number of pyridine rings is 1. The monoisotopic (exact) mass is 693 g/mol. The summed E-state index contributed by atoms with van der Waals surface area (Å²) in [5.74, 6) is 1.02. The molecule has 2 atom stereocenters. The van der Waals surface area contributed by atoms with Crippen molar-refractivity contribution in [3.05, 3.63) is 106 Å². The van der Waals surface area contributed by atoms with Crippen molar-refractivity contribution in [1.82, 2.24) is 19.5 Å². The average Bonchev–Trinajstić information content (AvgIpc) is 3.70. The Hall–Kier alpha value is -4.63. The van der Waals surface area contributed by atoms with E-state index in [1.807, 2.05) is 75.6 Å². The lowest BCUT2D eigenvalue weighted by Crippen LogP contribution is -2.30. The molecule has 0 saturated heterocycles. The first-order valence-electron chi connectivity index (χ1n) is 17.6. The molecule has 0 amide bonds. The number of aromatic amines is 1. The summed E-state index contributed by atoms with van der Waals surface area (Å²) in [7, 11) is 0. The Labute approximate surface area is 300 Å². The number of thiol groups is 1. The van der Waals surface area contributed by atoms with Crippen molar-refractivity contribution >= 4 is 61.8 Å². The van der Waals surface area contributed by atoms with Crippen molar-refractivity contribution in [2.45, 2.75) is 93.7 Å². The number of nitrogens with zero attached hydrogens (tertiary/aromatic N) is 3. The lowest BCUT2D eigenvalue weighted by atomic mass is 10.0. The maximum Gasteiger partial charge on any atom is 0.277 e. The summed E-state index contributed by atoms with van der Waals surface area (Å²) < 4.78 is 7.31. The first-order valence-corrected chi connectivity index (χ1v) is 18.0. The number of para-hydroxylation sites is 1. The second-order valence-electron chi connectivity index (χ2n) is 13.0.